The van der Waals surface area contributed by atoms with E-state index in [1.54, 1.807) is 11.8 Å². The molecule has 1 nitrogen and oxygen atoms in total. The van der Waals surface area contributed by atoms with Crippen LogP contribution in [0.1, 0.15) is 11.1 Å². The molecule has 1 rings (SSSR count). The fraction of sp³-hybridized carbons (Fsp3) is 0.385. The van der Waals surface area contributed by atoms with Gasteiger partial charge in [0, 0.05) is 18.8 Å². The second kappa shape index (κ2) is 7.39. The van der Waals surface area contributed by atoms with Gasteiger partial charge in [-0.25, -0.2) is 0 Å². The van der Waals surface area contributed by atoms with Crippen LogP contribution in [0.15, 0.2) is 24.3 Å². The molecule has 0 aromatic heterocycles. The zero-order valence-corrected chi connectivity index (χ0v) is 9.94. The van der Waals surface area contributed by atoms with Crippen LogP contribution in [0.5, 0.6) is 0 Å². The largest absolute Gasteiger partial charge is 0.312 e. The average molecular weight is 219 g/mol. The molecule has 0 unspecified atom stereocenters. The minimum absolute atomic E-state index is 0.812. The Morgan fingerprint density at radius 1 is 1.40 bits per heavy atom. The summed E-state index contributed by atoms with van der Waals surface area (Å²) < 4.78 is 0. The van der Waals surface area contributed by atoms with E-state index in [4.69, 9.17) is 6.42 Å². The lowest BCUT2D eigenvalue weighted by atomic mass is 10.1. The highest BCUT2D eigenvalue weighted by Crippen LogP contribution is 2.06. The highest BCUT2D eigenvalue weighted by atomic mass is 32.2. The predicted octanol–water partition coefficient (Wildman–Crippen LogP) is 2.45. The number of hydrogen-bond donors (Lipinski definition) is 1. The highest BCUT2D eigenvalue weighted by molar-refractivity contribution is 7.99. The van der Waals surface area contributed by atoms with Gasteiger partial charge >= 0.3 is 0 Å². The van der Waals surface area contributed by atoms with E-state index >= 15 is 0 Å². The van der Waals surface area contributed by atoms with E-state index in [-0.39, 0.29) is 0 Å². The maximum absolute atomic E-state index is 5.16. The number of thioether (sulfide) groups is 1. The highest BCUT2D eigenvalue weighted by Gasteiger charge is 1.95. The van der Waals surface area contributed by atoms with Gasteiger partial charge in [0.2, 0.25) is 0 Å². The zero-order chi connectivity index (χ0) is 10.9. The van der Waals surface area contributed by atoms with Gasteiger partial charge in [0.05, 0.1) is 5.75 Å². The monoisotopic (exact) mass is 219 g/mol. The maximum atomic E-state index is 5.16. The quantitative estimate of drug-likeness (QED) is 0.582. The lowest BCUT2D eigenvalue weighted by molar-refractivity contribution is 0.729. The summed E-state index contributed by atoms with van der Waals surface area (Å²) in [5, 5.41) is 3.41. The van der Waals surface area contributed by atoms with Crippen LogP contribution in [0, 0.1) is 19.3 Å². The van der Waals surface area contributed by atoms with Gasteiger partial charge in [0.1, 0.15) is 0 Å². The van der Waals surface area contributed by atoms with Crippen LogP contribution >= 0.6 is 11.8 Å². The molecule has 0 aliphatic carbocycles. The molecule has 0 saturated carbocycles. The van der Waals surface area contributed by atoms with Gasteiger partial charge in [-0.2, -0.15) is 0 Å². The fourth-order valence-corrected chi connectivity index (χ4v) is 1.86. The first-order valence-corrected chi connectivity index (χ1v) is 6.26. The van der Waals surface area contributed by atoms with Crippen LogP contribution in [0.25, 0.3) is 0 Å². The Balaban J connectivity index is 2.16. The second-order valence-electron chi connectivity index (χ2n) is 3.36. The predicted molar refractivity (Wildman–Crippen MR) is 69.0 cm³/mol. The molecule has 80 valence electrons. The van der Waals surface area contributed by atoms with E-state index in [0.29, 0.717) is 0 Å². The summed E-state index contributed by atoms with van der Waals surface area (Å²) in [5.41, 5.74) is 2.72. The van der Waals surface area contributed by atoms with Crippen molar-refractivity contribution in [2.24, 2.45) is 0 Å². The first-order valence-electron chi connectivity index (χ1n) is 5.11. The Hall–Kier alpha value is -0.910. The summed E-state index contributed by atoms with van der Waals surface area (Å²) in [5.74, 6) is 4.51. The van der Waals surface area contributed by atoms with Crippen LogP contribution in [0.2, 0.25) is 0 Å². The van der Waals surface area contributed by atoms with Crippen molar-refractivity contribution < 1.29 is 0 Å². The van der Waals surface area contributed by atoms with Gasteiger partial charge in [-0.15, -0.1) is 18.2 Å². The number of aryl methyl sites for hydroxylation is 1. The third-order valence-corrected chi connectivity index (χ3v) is 3.05. The summed E-state index contributed by atoms with van der Waals surface area (Å²) in [7, 11) is 0. The third-order valence-electron chi connectivity index (χ3n) is 2.19. The number of terminal acetylenes is 1. The van der Waals surface area contributed by atoms with Crippen molar-refractivity contribution in [1.29, 1.82) is 0 Å². The number of nitrogens with one attached hydrogen (secondary N) is 1. The molecule has 1 aromatic rings. The molecule has 0 radical (unpaired) electrons. The van der Waals surface area contributed by atoms with E-state index in [1.165, 1.54) is 11.1 Å². The topological polar surface area (TPSA) is 12.0 Å². The van der Waals surface area contributed by atoms with Crippen LogP contribution in [0.4, 0.5) is 0 Å². The Morgan fingerprint density at radius 2 is 2.20 bits per heavy atom. The minimum Gasteiger partial charge on any atom is -0.312 e. The van der Waals surface area contributed by atoms with Crippen LogP contribution < -0.4 is 5.32 Å². The molecule has 15 heavy (non-hydrogen) atoms. The number of rotatable bonds is 6. The molecule has 0 bridgehead atoms. The van der Waals surface area contributed by atoms with Gasteiger partial charge < -0.3 is 5.32 Å². The van der Waals surface area contributed by atoms with Gasteiger partial charge in [0.25, 0.3) is 0 Å². The summed E-state index contributed by atoms with van der Waals surface area (Å²) in [6.45, 7) is 4.11. The van der Waals surface area contributed by atoms with Crippen molar-refractivity contribution in [3.63, 3.8) is 0 Å². The molecule has 2 heteroatoms. The van der Waals surface area contributed by atoms with Gasteiger partial charge in [0.15, 0.2) is 0 Å². The van der Waals surface area contributed by atoms with Crippen molar-refractivity contribution in [1.82, 2.24) is 5.32 Å². The lowest BCUT2D eigenvalue weighted by Crippen LogP contribution is -2.17. The van der Waals surface area contributed by atoms with Crippen LogP contribution in [0.3, 0.4) is 0 Å². The lowest BCUT2D eigenvalue weighted by Gasteiger charge is -2.06. The first-order chi connectivity index (χ1) is 7.34. The first kappa shape index (κ1) is 12.2. The smallest absolute Gasteiger partial charge is 0.0545 e. The van der Waals surface area contributed by atoms with Crippen molar-refractivity contribution in [2.45, 2.75) is 13.5 Å². The molecule has 0 heterocycles. The summed E-state index contributed by atoms with van der Waals surface area (Å²) >= 11 is 1.79. The molecule has 0 spiro atoms. The maximum Gasteiger partial charge on any atom is 0.0545 e. The molecular weight excluding hydrogens is 202 g/mol. The number of benzene rings is 1. The summed E-state index contributed by atoms with van der Waals surface area (Å²) in [6, 6.07) is 8.46. The average Bonchev–Trinajstić information content (AvgIpc) is 2.25. The van der Waals surface area contributed by atoms with Crippen molar-refractivity contribution in [3.05, 3.63) is 35.4 Å². The molecule has 0 amide bonds. The Kier molecular flexibility index (Phi) is 5.99. The second-order valence-corrected chi connectivity index (χ2v) is 4.47. The van der Waals surface area contributed by atoms with E-state index in [0.717, 1.165) is 24.6 Å². The molecular formula is C13H17NS. The molecule has 0 saturated heterocycles. The van der Waals surface area contributed by atoms with Crippen molar-refractivity contribution in [2.75, 3.05) is 18.1 Å². The Morgan fingerprint density at radius 3 is 2.93 bits per heavy atom. The van der Waals surface area contributed by atoms with E-state index in [9.17, 15) is 0 Å². The van der Waals surface area contributed by atoms with E-state index in [1.807, 2.05) is 0 Å². The molecule has 0 fully saturated rings. The molecule has 0 aliphatic rings. The summed E-state index contributed by atoms with van der Waals surface area (Å²) in [4.78, 5) is 0. The van der Waals surface area contributed by atoms with Gasteiger partial charge in [-0.3, -0.25) is 0 Å². The standard InChI is InChI=1S/C13H17NS/c1-3-9-15-10-8-14-11-13-7-5-4-6-12(13)2/h1,4-7,14H,8-11H2,2H3. The van der Waals surface area contributed by atoms with Crippen LogP contribution in [-0.4, -0.2) is 18.1 Å². The fourth-order valence-electron chi connectivity index (χ4n) is 1.31. The van der Waals surface area contributed by atoms with E-state index < -0.39 is 0 Å². The third kappa shape index (κ3) is 4.92. The van der Waals surface area contributed by atoms with Crippen molar-refractivity contribution in [3.8, 4) is 12.3 Å². The van der Waals surface area contributed by atoms with E-state index in [2.05, 4.69) is 42.4 Å². The van der Waals surface area contributed by atoms with Crippen molar-refractivity contribution >= 4 is 11.8 Å². The molecule has 1 N–H and O–H groups in total. The molecule has 0 aliphatic heterocycles. The van der Waals surface area contributed by atoms with Gasteiger partial charge in [-0.05, 0) is 18.1 Å². The SMILES string of the molecule is C#CCSCCNCc1ccccc1C. The minimum atomic E-state index is 0.812. The summed E-state index contributed by atoms with van der Waals surface area (Å²) in [6.07, 6.45) is 5.16. The Bertz CT molecular complexity index is 328. The normalized spacial score (nSPS) is 9.87. The molecule has 0 atom stereocenters. The number of hydrogen-bond acceptors (Lipinski definition) is 2. The molecule has 1 aromatic carbocycles. The van der Waals surface area contributed by atoms with Crippen LogP contribution in [-0.2, 0) is 6.54 Å². The van der Waals surface area contributed by atoms with Gasteiger partial charge in [-0.1, -0.05) is 30.2 Å². The Labute approximate surface area is 96.7 Å². The zero-order valence-electron chi connectivity index (χ0n) is 9.12.